The van der Waals surface area contributed by atoms with E-state index in [0.717, 1.165) is 16.8 Å². The Morgan fingerprint density at radius 3 is 2.67 bits per heavy atom. The van der Waals surface area contributed by atoms with Gasteiger partial charge in [0.1, 0.15) is 17.2 Å². The van der Waals surface area contributed by atoms with Crippen LogP contribution in [0.4, 0.5) is 8.78 Å². The number of rotatable bonds is 2. The van der Waals surface area contributed by atoms with Crippen LogP contribution in [-0.4, -0.2) is 14.9 Å². The lowest BCUT2D eigenvalue weighted by Gasteiger charge is -2.11. The number of hydrogen-bond acceptors (Lipinski definition) is 3. The van der Waals surface area contributed by atoms with Gasteiger partial charge in [-0.05, 0) is 19.1 Å². The lowest BCUT2D eigenvalue weighted by Crippen LogP contribution is -2.19. The Morgan fingerprint density at radius 2 is 2.06 bits per heavy atom. The van der Waals surface area contributed by atoms with Gasteiger partial charge in [0.15, 0.2) is 5.82 Å². The molecule has 18 heavy (non-hydrogen) atoms. The zero-order valence-corrected chi connectivity index (χ0v) is 9.52. The fourth-order valence-corrected chi connectivity index (χ4v) is 1.59. The molecule has 0 aliphatic carbocycles. The summed E-state index contributed by atoms with van der Waals surface area (Å²) in [6.45, 7) is 1.03. The van der Waals surface area contributed by atoms with Crippen molar-refractivity contribution in [2.75, 3.05) is 0 Å². The Kier molecular flexibility index (Phi) is 3.20. The van der Waals surface area contributed by atoms with E-state index in [2.05, 4.69) is 5.10 Å². The van der Waals surface area contributed by atoms with Crippen molar-refractivity contribution in [3.05, 3.63) is 57.5 Å². The second kappa shape index (κ2) is 4.66. The minimum atomic E-state index is -0.793. The van der Waals surface area contributed by atoms with Gasteiger partial charge in [0.05, 0.1) is 6.61 Å². The van der Waals surface area contributed by atoms with Crippen LogP contribution in [0.1, 0.15) is 11.4 Å². The molecule has 0 fully saturated rings. The first-order valence-corrected chi connectivity index (χ1v) is 5.19. The van der Waals surface area contributed by atoms with Crippen LogP contribution in [0.25, 0.3) is 5.69 Å². The van der Waals surface area contributed by atoms with E-state index >= 15 is 0 Å². The van der Waals surface area contributed by atoms with Crippen LogP contribution in [0.15, 0.2) is 29.1 Å². The van der Waals surface area contributed by atoms with Crippen LogP contribution in [0.5, 0.6) is 0 Å². The number of aromatic nitrogens is 2. The van der Waals surface area contributed by atoms with Gasteiger partial charge < -0.3 is 5.11 Å². The third kappa shape index (κ3) is 2.14. The van der Waals surface area contributed by atoms with Gasteiger partial charge in [-0.1, -0.05) is 0 Å². The quantitative estimate of drug-likeness (QED) is 0.876. The summed E-state index contributed by atoms with van der Waals surface area (Å²) in [7, 11) is 0. The highest BCUT2D eigenvalue weighted by atomic mass is 19.1. The molecule has 6 heteroatoms. The molecular formula is C12H10F2N2O2. The van der Waals surface area contributed by atoms with Crippen molar-refractivity contribution in [2.24, 2.45) is 0 Å². The van der Waals surface area contributed by atoms with Gasteiger partial charge >= 0.3 is 0 Å². The molecule has 0 unspecified atom stereocenters. The molecule has 1 aromatic heterocycles. The molecule has 1 heterocycles. The molecule has 0 radical (unpaired) electrons. The summed E-state index contributed by atoms with van der Waals surface area (Å²) in [5, 5.41) is 12.8. The van der Waals surface area contributed by atoms with Crippen molar-refractivity contribution in [3.63, 3.8) is 0 Å². The molecule has 0 aliphatic rings. The summed E-state index contributed by atoms with van der Waals surface area (Å²) in [5.74, 6) is -1.49. The summed E-state index contributed by atoms with van der Waals surface area (Å²) in [4.78, 5) is 11.4. The molecule has 0 atom stereocenters. The maximum Gasteiger partial charge on any atom is 0.206 e. The van der Waals surface area contributed by atoms with Crippen molar-refractivity contribution < 1.29 is 13.9 Å². The monoisotopic (exact) mass is 252 g/mol. The first kappa shape index (κ1) is 12.4. The number of aryl methyl sites for hydroxylation is 1. The van der Waals surface area contributed by atoms with Crippen LogP contribution in [0.2, 0.25) is 0 Å². The van der Waals surface area contributed by atoms with E-state index in [0.29, 0.717) is 5.69 Å². The van der Waals surface area contributed by atoms with Gasteiger partial charge in [-0.3, -0.25) is 4.79 Å². The first-order valence-electron chi connectivity index (χ1n) is 5.19. The number of halogens is 2. The van der Waals surface area contributed by atoms with Gasteiger partial charge in [0, 0.05) is 17.8 Å². The second-order valence-corrected chi connectivity index (χ2v) is 3.76. The van der Waals surface area contributed by atoms with Crippen molar-refractivity contribution in [3.8, 4) is 5.69 Å². The summed E-state index contributed by atoms with van der Waals surface area (Å²) in [6, 6.07) is 4.28. The summed E-state index contributed by atoms with van der Waals surface area (Å²) >= 11 is 0. The molecule has 2 aromatic rings. The molecule has 94 valence electrons. The number of hydrogen-bond donors (Lipinski definition) is 1. The van der Waals surface area contributed by atoms with E-state index in [1.54, 1.807) is 6.92 Å². The van der Waals surface area contributed by atoms with Gasteiger partial charge in [0.2, 0.25) is 5.43 Å². The Balaban J connectivity index is 2.67. The predicted octanol–water partition coefficient (Wildman–Crippen LogP) is 1.31. The molecule has 0 spiro atoms. The largest absolute Gasteiger partial charge is 0.390 e. The zero-order valence-electron chi connectivity index (χ0n) is 9.52. The molecule has 1 N–H and O–H groups in total. The standard InChI is InChI=1S/C12H10F2N2O2/c1-7-4-12(18)10(6-17)15-16(7)11-3-2-8(13)5-9(11)14/h2-5,17H,6H2,1H3. The molecule has 0 saturated heterocycles. The minimum absolute atomic E-state index is 0.0172. The fourth-order valence-electron chi connectivity index (χ4n) is 1.59. The topological polar surface area (TPSA) is 55.1 Å². The molecule has 0 bridgehead atoms. The van der Waals surface area contributed by atoms with E-state index in [9.17, 15) is 13.6 Å². The normalized spacial score (nSPS) is 10.7. The summed E-state index contributed by atoms with van der Waals surface area (Å²) in [6.07, 6.45) is 0. The van der Waals surface area contributed by atoms with E-state index in [1.165, 1.54) is 12.1 Å². The lowest BCUT2D eigenvalue weighted by molar-refractivity contribution is 0.272. The minimum Gasteiger partial charge on any atom is -0.390 e. The van der Waals surface area contributed by atoms with Crippen molar-refractivity contribution >= 4 is 0 Å². The van der Waals surface area contributed by atoms with Crippen molar-refractivity contribution in [1.29, 1.82) is 0 Å². The maximum absolute atomic E-state index is 13.6. The fraction of sp³-hybridized carbons (Fsp3) is 0.167. The Bertz CT molecular complexity index is 653. The van der Waals surface area contributed by atoms with Crippen LogP contribution in [0.3, 0.4) is 0 Å². The molecule has 1 aromatic carbocycles. The number of aliphatic hydroxyl groups is 1. The smallest absolute Gasteiger partial charge is 0.206 e. The highest BCUT2D eigenvalue weighted by Crippen LogP contribution is 2.14. The highest BCUT2D eigenvalue weighted by molar-refractivity contribution is 5.34. The lowest BCUT2D eigenvalue weighted by atomic mass is 10.2. The number of benzene rings is 1. The first-order chi connectivity index (χ1) is 8.52. The third-order valence-electron chi connectivity index (χ3n) is 2.47. The SMILES string of the molecule is Cc1cc(=O)c(CO)nn1-c1ccc(F)cc1F. The van der Waals surface area contributed by atoms with E-state index in [-0.39, 0.29) is 11.4 Å². The van der Waals surface area contributed by atoms with E-state index in [4.69, 9.17) is 5.11 Å². The Morgan fingerprint density at radius 1 is 1.33 bits per heavy atom. The second-order valence-electron chi connectivity index (χ2n) is 3.76. The van der Waals surface area contributed by atoms with Crippen molar-refractivity contribution in [1.82, 2.24) is 9.78 Å². The number of aliphatic hydroxyl groups excluding tert-OH is 1. The third-order valence-corrected chi connectivity index (χ3v) is 2.47. The van der Waals surface area contributed by atoms with E-state index < -0.39 is 23.7 Å². The molecule has 0 aliphatic heterocycles. The molecular weight excluding hydrogens is 242 g/mol. The Hall–Kier alpha value is -2.08. The van der Waals surface area contributed by atoms with Gasteiger partial charge in [0.25, 0.3) is 0 Å². The molecule has 0 amide bonds. The summed E-state index contributed by atoms with van der Waals surface area (Å²) < 4.78 is 27.6. The highest BCUT2D eigenvalue weighted by Gasteiger charge is 2.11. The molecule has 2 rings (SSSR count). The zero-order chi connectivity index (χ0) is 13.3. The molecule has 0 saturated carbocycles. The molecule has 4 nitrogen and oxygen atoms in total. The average Bonchev–Trinajstić information content (AvgIpc) is 2.30. The average molecular weight is 252 g/mol. The van der Waals surface area contributed by atoms with Crippen LogP contribution in [0, 0.1) is 18.6 Å². The van der Waals surface area contributed by atoms with Gasteiger partial charge in [-0.15, -0.1) is 0 Å². The van der Waals surface area contributed by atoms with Gasteiger partial charge in [-0.2, -0.15) is 5.10 Å². The van der Waals surface area contributed by atoms with Crippen LogP contribution in [-0.2, 0) is 6.61 Å². The summed E-state index contributed by atoms with van der Waals surface area (Å²) in [5.41, 5.74) is -0.107. The number of nitrogens with zero attached hydrogens (tertiary/aromatic N) is 2. The predicted molar refractivity (Wildman–Crippen MR) is 60.4 cm³/mol. The van der Waals surface area contributed by atoms with E-state index in [1.807, 2.05) is 0 Å². The maximum atomic E-state index is 13.6. The van der Waals surface area contributed by atoms with Crippen molar-refractivity contribution in [2.45, 2.75) is 13.5 Å². The van der Waals surface area contributed by atoms with Gasteiger partial charge in [-0.25, -0.2) is 13.5 Å². The van der Waals surface area contributed by atoms with Crippen LogP contribution < -0.4 is 5.43 Å². The Labute approximate surface area is 101 Å². The van der Waals surface area contributed by atoms with Crippen LogP contribution >= 0.6 is 0 Å².